The van der Waals surface area contributed by atoms with E-state index in [4.69, 9.17) is 21.6 Å². The van der Waals surface area contributed by atoms with Gasteiger partial charge in [0.15, 0.2) is 0 Å². The molecule has 2 aromatic rings. The van der Waals surface area contributed by atoms with Crippen LogP contribution in [0.15, 0.2) is 47.7 Å². The Morgan fingerprint density at radius 1 is 1.22 bits per heavy atom. The standard InChI is InChI=1S/C20H24N6O/c1-24-13-16(12-21)14-2-3-18(22)17(10-14)20(23)15-4-5-25-19(11-15)26-6-8-27-9-7-26/h2-5,10-13,23H,6-9,21-22H2,1H3. The number of ether oxygens (including phenoxy) is 1. The summed E-state index contributed by atoms with van der Waals surface area (Å²) in [6.07, 6.45) is 4.90. The second kappa shape index (κ2) is 8.46. The van der Waals surface area contributed by atoms with Crippen LogP contribution in [0.5, 0.6) is 0 Å². The molecule has 27 heavy (non-hydrogen) atoms. The molecule has 1 aliphatic heterocycles. The fourth-order valence-electron chi connectivity index (χ4n) is 3.00. The van der Waals surface area contributed by atoms with Crippen molar-refractivity contribution in [2.24, 2.45) is 10.7 Å². The molecule has 0 amide bonds. The number of benzene rings is 1. The lowest BCUT2D eigenvalue weighted by molar-refractivity contribution is 0.122. The first-order valence-electron chi connectivity index (χ1n) is 8.76. The van der Waals surface area contributed by atoms with Crippen molar-refractivity contribution in [2.75, 3.05) is 44.0 Å². The Balaban J connectivity index is 1.93. The predicted octanol–water partition coefficient (Wildman–Crippen LogP) is 1.92. The molecule has 1 saturated heterocycles. The Morgan fingerprint density at radius 3 is 2.70 bits per heavy atom. The molecule has 5 N–H and O–H groups in total. The Hall–Kier alpha value is -3.19. The summed E-state index contributed by atoms with van der Waals surface area (Å²) in [6.45, 7) is 2.96. The van der Waals surface area contributed by atoms with Crippen LogP contribution in [-0.4, -0.2) is 50.3 Å². The van der Waals surface area contributed by atoms with Crippen LogP contribution < -0.4 is 16.4 Å². The summed E-state index contributed by atoms with van der Waals surface area (Å²) in [5, 5.41) is 8.68. The maximum absolute atomic E-state index is 8.68. The normalized spacial score (nSPS) is 15.3. The van der Waals surface area contributed by atoms with Crippen LogP contribution in [0, 0.1) is 5.41 Å². The average Bonchev–Trinajstić information content (AvgIpc) is 2.73. The van der Waals surface area contributed by atoms with Gasteiger partial charge < -0.3 is 21.1 Å². The van der Waals surface area contributed by atoms with Crippen LogP contribution in [0.3, 0.4) is 0 Å². The fraction of sp³-hybridized carbons (Fsp3) is 0.250. The van der Waals surface area contributed by atoms with Gasteiger partial charge in [0.2, 0.25) is 0 Å². The summed E-state index contributed by atoms with van der Waals surface area (Å²) in [6, 6.07) is 9.28. The molecule has 0 unspecified atom stereocenters. The molecule has 7 heteroatoms. The molecule has 0 spiro atoms. The van der Waals surface area contributed by atoms with Gasteiger partial charge in [-0.3, -0.25) is 10.4 Å². The predicted molar refractivity (Wildman–Crippen MR) is 111 cm³/mol. The van der Waals surface area contributed by atoms with E-state index in [1.165, 1.54) is 6.20 Å². The summed E-state index contributed by atoms with van der Waals surface area (Å²) in [5.41, 5.74) is 15.8. The molecule has 0 radical (unpaired) electrons. The van der Waals surface area contributed by atoms with Crippen molar-refractivity contribution in [2.45, 2.75) is 0 Å². The van der Waals surface area contributed by atoms with E-state index in [2.05, 4.69) is 14.9 Å². The molecule has 0 atom stereocenters. The van der Waals surface area contributed by atoms with Crippen LogP contribution >= 0.6 is 0 Å². The lowest BCUT2D eigenvalue weighted by Gasteiger charge is -2.28. The smallest absolute Gasteiger partial charge is 0.129 e. The Kier molecular flexibility index (Phi) is 5.83. The number of anilines is 2. The fourth-order valence-corrected chi connectivity index (χ4v) is 3.00. The summed E-state index contributed by atoms with van der Waals surface area (Å²) in [7, 11) is 1.69. The van der Waals surface area contributed by atoms with Crippen LogP contribution in [0.2, 0.25) is 0 Å². The molecule has 140 valence electrons. The number of aromatic nitrogens is 1. The third kappa shape index (κ3) is 4.15. The number of nitrogens with one attached hydrogen (secondary N) is 1. The molecule has 1 fully saturated rings. The Labute approximate surface area is 158 Å². The largest absolute Gasteiger partial charge is 0.404 e. The van der Waals surface area contributed by atoms with Gasteiger partial charge >= 0.3 is 0 Å². The zero-order valence-corrected chi connectivity index (χ0v) is 15.4. The van der Waals surface area contributed by atoms with Crippen LogP contribution in [0.4, 0.5) is 11.5 Å². The van der Waals surface area contributed by atoms with E-state index >= 15 is 0 Å². The van der Waals surface area contributed by atoms with Gasteiger partial charge in [0.05, 0.1) is 18.9 Å². The summed E-state index contributed by atoms with van der Waals surface area (Å²) in [4.78, 5) is 10.6. The first-order chi connectivity index (χ1) is 13.1. The number of pyridine rings is 1. The average molecular weight is 364 g/mol. The first-order valence-corrected chi connectivity index (χ1v) is 8.76. The number of aliphatic imine (C=N–C) groups is 1. The first kappa shape index (κ1) is 18.6. The van der Waals surface area contributed by atoms with Gasteiger partial charge in [-0.2, -0.15) is 0 Å². The van der Waals surface area contributed by atoms with Crippen molar-refractivity contribution < 1.29 is 4.74 Å². The molecular formula is C20H24N6O. The lowest BCUT2D eigenvalue weighted by atomic mass is 9.97. The monoisotopic (exact) mass is 364 g/mol. The Bertz CT molecular complexity index is 884. The van der Waals surface area contributed by atoms with Crippen LogP contribution in [0.25, 0.3) is 5.57 Å². The maximum atomic E-state index is 8.68. The van der Waals surface area contributed by atoms with E-state index in [0.717, 1.165) is 35.6 Å². The van der Waals surface area contributed by atoms with Gasteiger partial charge in [0.25, 0.3) is 0 Å². The number of morpholine rings is 1. The molecule has 2 heterocycles. The van der Waals surface area contributed by atoms with Crippen molar-refractivity contribution in [3.8, 4) is 0 Å². The lowest BCUT2D eigenvalue weighted by Crippen LogP contribution is -2.36. The highest BCUT2D eigenvalue weighted by atomic mass is 16.5. The van der Waals surface area contributed by atoms with Gasteiger partial charge in [-0.25, -0.2) is 4.98 Å². The van der Waals surface area contributed by atoms with Gasteiger partial charge in [-0.05, 0) is 29.8 Å². The minimum Gasteiger partial charge on any atom is -0.404 e. The molecule has 1 aromatic carbocycles. The van der Waals surface area contributed by atoms with Crippen molar-refractivity contribution in [3.05, 3.63) is 59.4 Å². The van der Waals surface area contributed by atoms with Gasteiger partial charge in [0.1, 0.15) is 5.82 Å². The molecule has 7 nitrogen and oxygen atoms in total. The molecule has 1 aliphatic rings. The van der Waals surface area contributed by atoms with E-state index < -0.39 is 0 Å². The molecular weight excluding hydrogens is 340 g/mol. The number of rotatable bonds is 5. The summed E-state index contributed by atoms with van der Waals surface area (Å²) >= 11 is 0. The van der Waals surface area contributed by atoms with Crippen molar-refractivity contribution >= 4 is 29.0 Å². The highest BCUT2D eigenvalue weighted by molar-refractivity contribution is 6.16. The third-order valence-electron chi connectivity index (χ3n) is 4.47. The van der Waals surface area contributed by atoms with Gasteiger partial charge in [0, 0.05) is 61.1 Å². The maximum Gasteiger partial charge on any atom is 0.129 e. The number of nitrogens with zero attached hydrogens (tertiary/aromatic N) is 3. The quantitative estimate of drug-likeness (QED) is 0.554. The van der Waals surface area contributed by atoms with Crippen LogP contribution in [0.1, 0.15) is 16.7 Å². The molecule has 0 bridgehead atoms. The number of hydrogen-bond acceptors (Lipinski definition) is 7. The van der Waals surface area contributed by atoms with Crippen molar-refractivity contribution in [1.82, 2.24) is 4.98 Å². The van der Waals surface area contributed by atoms with Gasteiger partial charge in [-0.1, -0.05) is 6.07 Å². The number of allylic oxidation sites excluding steroid dienone is 1. The molecule has 0 saturated carbocycles. The highest BCUT2D eigenvalue weighted by Crippen LogP contribution is 2.23. The minimum atomic E-state index is 0.344. The number of nitrogens with two attached hydrogens (primary N) is 2. The summed E-state index contributed by atoms with van der Waals surface area (Å²) < 4.78 is 5.40. The van der Waals surface area contributed by atoms with Gasteiger partial charge in [-0.15, -0.1) is 0 Å². The topological polar surface area (TPSA) is 114 Å². The third-order valence-corrected chi connectivity index (χ3v) is 4.47. The highest BCUT2D eigenvalue weighted by Gasteiger charge is 2.15. The van der Waals surface area contributed by atoms with E-state index in [1.807, 2.05) is 24.3 Å². The van der Waals surface area contributed by atoms with E-state index in [1.54, 1.807) is 25.5 Å². The molecule has 0 aliphatic carbocycles. The van der Waals surface area contributed by atoms with Crippen LogP contribution in [-0.2, 0) is 4.74 Å². The zero-order valence-electron chi connectivity index (χ0n) is 15.4. The van der Waals surface area contributed by atoms with Crippen molar-refractivity contribution in [3.63, 3.8) is 0 Å². The second-order valence-corrected chi connectivity index (χ2v) is 6.19. The van der Waals surface area contributed by atoms with E-state index in [0.29, 0.717) is 30.2 Å². The molecule has 3 rings (SSSR count). The molecule has 1 aromatic heterocycles. The zero-order chi connectivity index (χ0) is 19.2. The summed E-state index contributed by atoms with van der Waals surface area (Å²) in [5.74, 6) is 0.843. The number of hydrogen-bond donors (Lipinski definition) is 3. The van der Waals surface area contributed by atoms with Crippen molar-refractivity contribution in [1.29, 1.82) is 5.41 Å². The minimum absolute atomic E-state index is 0.344. The second-order valence-electron chi connectivity index (χ2n) is 6.19. The Morgan fingerprint density at radius 2 is 2.00 bits per heavy atom. The SMILES string of the molecule is CN=CC(=CN)c1ccc(N)c(C(=N)c2ccnc(N3CCOCC3)c2)c1. The van der Waals surface area contributed by atoms with E-state index in [9.17, 15) is 0 Å². The number of nitrogen functional groups attached to an aromatic ring is 1. The van der Waals surface area contributed by atoms with E-state index in [-0.39, 0.29) is 0 Å².